The summed E-state index contributed by atoms with van der Waals surface area (Å²) >= 11 is 0. The van der Waals surface area contributed by atoms with Gasteiger partial charge in [0.25, 0.3) is 0 Å². The monoisotopic (exact) mass is 253 g/mol. The first kappa shape index (κ1) is 14.7. The predicted octanol–water partition coefficient (Wildman–Crippen LogP) is 1.98. The van der Waals surface area contributed by atoms with E-state index >= 15 is 0 Å². The summed E-state index contributed by atoms with van der Waals surface area (Å²) in [5, 5.41) is 13.1. The van der Waals surface area contributed by atoms with Crippen molar-refractivity contribution in [3.05, 3.63) is 17.5 Å². The molecular formula is C13H23N3O2. The summed E-state index contributed by atoms with van der Waals surface area (Å²) in [5.41, 5.74) is 1.04. The first-order valence-corrected chi connectivity index (χ1v) is 6.27. The van der Waals surface area contributed by atoms with Gasteiger partial charge in [0.05, 0.1) is 11.9 Å². The normalized spacial score (nSPS) is 13.3. The van der Waals surface area contributed by atoms with E-state index in [0.717, 1.165) is 12.1 Å². The van der Waals surface area contributed by atoms with Gasteiger partial charge in [0, 0.05) is 19.6 Å². The van der Waals surface area contributed by atoms with Gasteiger partial charge in [-0.1, -0.05) is 13.8 Å². The lowest BCUT2D eigenvalue weighted by Crippen LogP contribution is -2.31. The van der Waals surface area contributed by atoms with E-state index in [4.69, 9.17) is 5.11 Å². The number of hydrogen-bond acceptors (Lipinski definition) is 3. The summed E-state index contributed by atoms with van der Waals surface area (Å²) in [5.74, 6) is -0.282. The number of aromatic carboxylic acids is 1. The minimum Gasteiger partial charge on any atom is -0.478 e. The summed E-state index contributed by atoms with van der Waals surface area (Å²) in [7, 11) is 3.80. The maximum absolute atomic E-state index is 11.1. The highest BCUT2D eigenvalue weighted by atomic mass is 16.4. The second-order valence-corrected chi connectivity index (χ2v) is 5.33. The molecule has 0 aliphatic rings. The van der Waals surface area contributed by atoms with Crippen molar-refractivity contribution in [3.63, 3.8) is 0 Å². The molecule has 1 rings (SSSR count). The van der Waals surface area contributed by atoms with E-state index < -0.39 is 5.97 Å². The summed E-state index contributed by atoms with van der Waals surface area (Å²) in [4.78, 5) is 13.3. The average Bonchev–Trinajstić information content (AvgIpc) is 2.59. The van der Waals surface area contributed by atoms with E-state index in [9.17, 15) is 4.79 Å². The Morgan fingerprint density at radius 1 is 1.50 bits per heavy atom. The number of carbonyl (C=O) groups is 1. The van der Waals surface area contributed by atoms with Crippen molar-refractivity contribution >= 4 is 5.97 Å². The molecule has 0 spiro atoms. The summed E-state index contributed by atoms with van der Waals surface area (Å²) < 4.78 is 1.64. The summed E-state index contributed by atoms with van der Waals surface area (Å²) in [6.45, 7) is 7.15. The van der Waals surface area contributed by atoms with Gasteiger partial charge in [0.1, 0.15) is 5.56 Å². The topological polar surface area (TPSA) is 58.4 Å². The molecule has 1 N–H and O–H groups in total. The van der Waals surface area contributed by atoms with Crippen LogP contribution >= 0.6 is 0 Å². The third-order valence-electron chi connectivity index (χ3n) is 3.26. The van der Waals surface area contributed by atoms with Gasteiger partial charge < -0.3 is 5.11 Å². The Balaban J connectivity index is 2.78. The van der Waals surface area contributed by atoms with Crippen LogP contribution in [0, 0.1) is 5.92 Å². The maximum Gasteiger partial charge on any atom is 0.339 e. The zero-order valence-electron chi connectivity index (χ0n) is 11.8. The maximum atomic E-state index is 11.1. The van der Waals surface area contributed by atoms with E-state index in [0.29, 0.717) is 24.1 Å². The standard InChI is InChI=1S/C13H23N3O2/c1-9(2)6-10(3)15(4)8-12-11(13(17)18)7-14-16(12)5/h7,9-10H,6,8H2,1-5H3,(H,17,18). The van der Waals surface area contributed by atoms with Gasteiger partial charge in [0.2, 0.25) is 0 Å². The van der Waals surface area contributed by atoms with Crippen molar-refractivity contribution in [1.29, 1.82) is 0 Å². The smallest absolute Gasteiger partial charge is 0.339 e. The Kier molecular flexibility index (Phi) is 4.90. The van der Waals surface area contributed by atoms with E-state index in [-0.39, 0.29) is 0 Å². The van der Waals surface area contributed by atoms with Crippen LogP contribution in [0.3, 0.4) is 0 Å². The third-order valence-corrected chi connectivity index (χ3v) is 3.26. The minimum atomic E-state index is -0.914. The number of rotatable bonds is 6. The average molecular weight is 253 g/mol. The van der Waals surface area contributed by atoms with E-state index in [1.807, 2.05) is 7.05 Å². The molecule has 5 heteroatoms. The number of aryl methyl sites for hydroxylation is 1. The van der Waals surface area contributed by atoms with Gasteiger partial charge in [-0.25, -0.2) is 4.79 Å². The van der Waals surface area contributed by atoms with E-state index in [1.165, 1.54) is 6.20 Å². The second-order valence-electron chi connectivity index (χ2n) is 5.33. The lowest BCUT2D eigenvalue weighted by Gasteiger charge is -2.26. The Morgan fingerprint density at radius 3 is 2.61 bits per heavy atom. The van der Waals surface area contributed by atoms with Crippen molar-refractivity contribution in [1.82, 2.24) is 14.7 Å². The number of aromatic nitrogens is 2. The number of hydrogen-bond donors (Lipinski definition) is 1. The van der Waals surface area contributed by atoms with Gasteiger partial charge in [-0.15, -0.1) is 0 Å². The van der Waals surface area contributed by atoms with Gasteiger partial charge in [-0.3, -0.25) is 9.58 Å². The van der Waals surface area contributed by atoms with Crippen LogP contribution in [0.4, 0.5) is 0 Å². The van der Waals surface area contributed by atoms with Crippen LogP contribution in [0.1, 0.15) is 43.2 Å². The SMILES string of the molecule is CC(C)CC(C)N(C)Cc1c(C(=O)O)cnn1C. The molecule has 0 aliphatic heterocycles. The first-order chi connectivity index (χ1) is 8.32. The molecule has 0 radical (unpaired) electrons. The molecule has 1 atom stereocenters. The van der Waals surface area contributed by atoms with Crippen molar-refractivity contribution in [2.24, 2.45) is 13.0 Å². The highest BCUT2D eigenvalue weighted by molar-refractivity contribution is 5.88. The molecule has 0 aromatic carbocycles. The van der Waals surface area contributed by atoms with Gasteiger partial charge >= 0.3 is 5.97 Å². The molecule has 1 unspecified atom stereocenters. The molecule has 1 aromatic rings. The molecule has 0 saturated heterocycles. The minimum absolute atomic E-state index is 0.293. The molecule has 0 fully saturated rings. The quantitative estimate of drug-likeness (QED) is 0.842. The number of nitrogens with zero attached hydrogens (tertiary/aromatic N) is 3. The largest absolute Gasteiger partial charge is 0.478 e. The van der Waals surface area contributed by atoms with Crippen molar-refractivity contribution in [2.45, 2.75) is 39.8 Å². The number of carboxylic acids is 1. The van der Waals surface area contributed by atoms with Crippen LogP contribution in [-0.4, -0.2) is 38.8 Å². The van der Waals surface area contributed by atoms with Crippen molar-refractivity contribution in [2.75, 3.05) is 7.05 Å². The molecule has 0 aliphatic carbocycles. The van der Waals surface area contributed by atoms with Crippen molar-refractivity contribution in [3.8, 4) is 0 Å². The highest BCUT2D eigenvalue weighted by Crippen LogP contribution is 2.15. The third kappa shape index (κ3) is 3.57. The summed E-state index contributed by atoms with van der Waals surface area (Å²) in [6, 6.07) is 0.418. The molecule has 102 valence electrons. The zero-order chi connectivity index (χ0) is 13.9. The van der Waals surface area contributed by atoms with Crippen LogP contribution in [0.25, 0.3) is 0 Å². The molecule has 1 heterocycles. The second kappa shape index (κ2) is 6.00. The highest BCUT2D eigenvalue weighted by Gasteiger charge is 2.19. The lowest BCUT2D eigenvalue weighted by atomic mass is 10.0. The fourth-order valence-electron chi connectivity index (χ4n) is 2.08. The van der Waals surface area contributed by atoms with Crippen molar-refractivity contribution < 1.29 is 9.90 Å². The Labute approximate surface area is 108 Å². The molecule has 0 saturated carbocycles. The van der Waals surface area contributed by atoms with E-state index in [2.05, 4.69) is 30.8 Å². The molecule has 1 aromatic heterocycles. The zero-order valence-corrected chi connectivity index (χ0v) is 11.8. The predicted molar refractivity (Wildman–Crippen MR) is 70.6 cm³/mol. The fraction of sp³-hybridized carbons (Fsp3) is 0.692. The molecular weight excluding hydrogens is 230 g/mol. The van der Waals surface area contributed by atoms with E-state index in [1.54, 1.807) is 11.7 Å². The van der Waals surface area contributed by atoms with Gasteiger partial charge in [-0.2, -0.15) is 5.10 Å². The van der Waals surface area contributed by atoms with Crippen LogP contribution < -0.4 is 0 Å². The van der Waals surface area contributed by atoms with Gasteiger partial charge in [-0.05, 0) is 26.3 Å². The molecule has 5 nitrogen and oxygen atoms in total. The lowest BCUT2D eigenvalue weighted by molar-refractivity contribution is 0.0693. The van der Waals surface area contributed by atoms with Crippen LogP contribution in [0.15, 0.2) is 6.20 Å². The molecule has 0 bridgehead atoms. The first-order valence-electron chi connectivity index (χ1n) is 6.27. The Morgan fingerprint density at radius 2 is 2.11 bits per heavy atom. The molecule has 18 heavy (non-hydrogen) atoms. The molecule has 0 amide bonds. The fourth-order valence-corrected chi connectivity index (χ4v) is 2.08. The van der Waals surface area contributed by atoms with Crippen LogP contribution in [-0.2, 0) is 13.6 Å². The number of carboxylic acid groups (broad SMARTS) is 1. The Bertz CT molecular complexity index is 412. The summed E-state index contributed by atoms with van der Waals surface area (Å²) in [6.07, 6.45) is 2.51. The van der Waals surface area contributed by atoms with Crippen LogP contribution in [0.2, 0.25) is 0 Å². The van der Waals surface area contributed by atoms with Gasteiger partial charge in [0.15, 0.2) is 0 Å². The Hall–Kier alpha value is -1.36. The van der Waals surface area contributed by atoms with Crippen LogP contribution in [0.5, 0.6) is 0 Å².